The number of anilines is 1. The van der Waals surface area contributed by atoms with Crippen molar-refractivity contribution in [3.05, 3.63) is 51.7 Å². The molecule has 6 nitrogen and oxygen atoms in total. The summed E-state index contributed by atoms with van der Waals surface area (Å²) in [4.78, 5) is 36.8. The van der Waals surface area contributed by atoms with Gasteiger partial charge in [0, 0.05) is 17.0 Å². The van der Waals surface area contributed by atoms with E-state index in [0.29, 0.717) is 10.6 Å². The van der Waals surface area contributed by atoms with E-state index in [-0.39, 0.29) is 18.5 Å². The number of Topliss-reactive ketones (excluding diaryl/α,β-unsaturated/α-hetero) is 1. The Bertz CT molecular complexity index is 892. The molecule has 0 aliphatic heterocycles. The number of esters is 1. The molecular formula is C20H21FN2O4S. The van der Waals surface area contributed by atoms with Crippen molar-refractivity contribution in [2.45, 2.75) is 32.1 Å². The number of primary amides is 1. The van der Waals surface area contributed by atoms with Gasteiger partial charge in [0.15, 0.2) is 12.4 Å². The summed E-state index contributed by atoms with van der Waals surface area (Å²) in [6.07, 6.45) is 3.96. The zero-order valence-corrected chi connectivity index (χ0v) is 16.1. The fraction of sp³-hybridized carbons (Fsp3) is 0.350. The number of fused-ring (bicyclic) bond motifs is 1. The largest absolute Gasteiger partial charge is 0.457 e. The SMILES string of the molecule is NC(=O)c1c(NCCC(=O)OCC(=O)c2ccc(F)cc2)sc2c1CCCC2. The van der Waals surface area contributed by atoms with Gasteiger partial charge in [0.2, 0.25) is 0 Å². The number of amides is 1. The maximum absolute atomic E-state index is 12.9. The number of rotatable bonds is 8. The van der Waals surface area contributed by atoms with Crippen LogP contribution in [0.5, 0.6) is 0 Å². The van der Waals surface area contributed by atoms with Gasteiger partial charge in [-0.15, -0.1) is 11.3 Å². The zero-order chi connectivity index (χ0) is 20.1. The highest BCUT2D eigenvalue weighted by Crippen LogP contribution is 2.37. The Morgan fingerprint density at radius 3 is 2.57 bits per heavy atom. The number of nitrogens with two attached hydrogens (primary N) is 1. The Hall–Kier alpha value is -2.74. The standard InChI is InChI=1S/C20H21FN2O4S/c21-13-7-5-12(6-8-13)15(24)11-27-17(25)9-10-23-20-18(19(22)26)14-3-1-2-4-16(14)28-20/h5-8,23H,1-4,9-11H2,(H2,22,26). The molecule has 1 amide bonds. The van der Waals surface area contributed by atoms with E-state index in [2.05, 4.69) is 5.32 Å². The molecule has 1 aliphatic rings. The number of ether oxygens (including phenoxy) is 1. The van der Waals surface area contributed by atoms with Gasteiger partial charge in [0.25, 0.3) is 5.91 Å². The van der Waals surface area contributed by atoms with E-state index in [1.54, 1.807) is 0 Å². The molecule has 0 bridgehead atoms. The first kappa shape index (κ1) is 20.0. The van der Waals surface area contributed by atoms with E-state index in [4.69, 9.17) is 10.5 Å². The molecule has 28 heavy (non-hydrogen) atoms. The van der Waals surface area contributed by atoms with Gasteiger partial charge in [-0.2, -0.15) is 0 Å². The monoisotopic (exact) mass is 404 g/mol. The van der Waals surface area contributed by atoms with E-state index < -0.39 is 30.1 Å². The van der Waals surface area contributed by atoms with Crippen LogP contribution in [0.3, 0.4) is 0 Å². The minimum atomic E-state index is -0.537. The first-order chi connectivity index (χ1) is 13.5. The van der Waals surface area contributed by atoms with Crippen molar-refractivity contribution in [3.8, 4) is 0 Å². The van der Waals surface area contributed by atoms with Crippen LogP contribution in [0.15, 0.2) is 24.3 Å². The fourth-order valence-electron chi connectivity index (χ4n) is 3.17. The second-order valence-electron chi connectivity index (χ2n) is 6.55. The maximum Gasteiger partial charge on any atom is 0.308 e. The molecular weight excluding hydrogens is 383 g/mol. The van der Waals surface area contributed by atoms with Gasteiger partial charge in [-0.05, 0) is 55.5 Å². The molecule has 1 aromatic heterocycles. The lowest BCUT2D eigenvalue weighted by molar-refractivity contribution is -0.142. The predicted molar refractivity (Wildman–Crippen MR) is 104 cm³/mol. The minimum absolute atomic E-state index is 0.0392. The van der Waals surface area contributed by atoms with Crippen molar-refractivity contribution < 1.29 is 23.5 Å². The Morgan fingerprint density at radius 1 is 1.14 bits per heavy atom. The Balaban J connectivity index is 1.49. The van der Waals surface area contributed by atoms with Gasteiger partial charge >= 0.3 is 5.97 Å². The van der Waals surface area contributed by atoms with Gasteiger partial charge < -0.3 is 15.8 Å². The smallest absolute Gasteiger partial charge is 0.308 e. The minimum Gasteiger partial charge on any atom is -0.457 e. The van der Waals surface area contributed by atoms with Crippen LogP contribution in [0, 0.1) is 5.82 Å². The molecule has 3 N–H and O–H groups in total. The first-order valence-electron chi connectivity index (χ1n) is 9.08. The Labute approximate surface area is 165 Å². The predicted octanol–water partition coefficient (Wildman–Crippen LogP) is 3.09. The van der Waals surface area contributed by atoms with E-state index in [1.807, 2.05) is 0 Å². The van der Waals surface area contributed by atoms with E-state index in [1.165, 1.54) is 40.5 Å². The molecule has 0 radical (unpaired) electrons. The highest BCUT2D eigenvalue weighted by molar-refractivity contribution is 7.16. The van der Waals surface area contributed by atoms with Crippen molar-refractivity contribution in [2.24, 2.45) is 5.73 Å². The third-order valence-electron chi connectivity index (χ3n) is 4.56. The summed E-state index contributed by atoms with van der Waals surface area (Å²) in [5.41, 5.74) is 7.37. The maximum atomic E-state index is 12.9. The summed E-state index contributed by atoms with van der Waals surface area (Å²) in [7, 11) is 0. The number of nitrogens with one attached hydrogen (secondary N) is 1. The van der Waals surface area contributed by atoms with Crippen LogP contribution in [0.2, 0.25) is 0 Å². The normalized spacial score (nSPS) is 12.9. The molecule has 3 rings (SSSR count). The number of hydrogen-bond donors (Lipinski definition) is 2. The van der Waals surface area contributed by atoms with Gasteiger partial charge in [-0.3, -0.25) is 14.4 Å². The molecule has 0 atom stereocenters. The number of ketones is 1. The molecule has 1 aromatic carbocycles. The Morgan fingerprint density at radius 2 is 1.86 bits per heavy atom. The van der Waals surface area contributed by atoms with Crippen molar-refractivity contribution in [2.75, 3.05) is 18.5 Å². The molecule has 0 unspecified atom stereocenters. The van der Waals surface area contributed by atoms with Crippen molar-refractivity contribution in [1.82, 2.24) is 0 Å². The summed E-state index contributed by atoms with van der Waals surface area (Å²) in [6, 6.07) is 5.04. The second kappa shape index (κ2) is 8.97. The number of halogens is 1. The van der Waals surface area contributed by atoms with Gasteiger partial charge in [-0.25, -0.2) is 4.39 Å². The summed E-state index contributed by atoms with van der Waals surface area (Å²) >= 11 is 1.51. The van der Waals surface area contributed by atoms with E-state index >= 15 is 0 Å². The molecule has 0 saturated carbocycles. The van der Waals surface area contributed by atoms with Gasteiger partial charge in [-0.1, -0.05) is 0 Å². The van der Waals surface area contributed by atoms with Gasteiger partial charge in [0.1, 0.15) is 10.8 Å². The number of carbonyl (C=O) groups is 3. The fourth-order valence-corrected chi connectivity index (χ4v) is 4.49. The van der Waals surface area contributed by atoms with Crippen LogP contribution >= 0.6 is 11.3 Å². The van der Waals surface area contributed by atoms with Crippen molar-refractivity contribution >= 4 is 34.0 Å². The lowest BCUT2D eigenvalue weighted by Crippen LogP contribution is -2.18. The van der Waals surface area contributed by atoms with Gasteiger partial charge in [0.05, 0.1) is 12.0 Å². The summed E-state index contributed by atoms with van der Waals surface area (Å²) in [5, 5.41) is 3.79. The lowest BCUT2D eigenvalue weighted by Gasteiger charge is -2.11. The van der Waals surface area contributed by atoms with E-state index in [0.717, 1.165) is 31.2 Å². The van der Waals surface area contributed by atoms with Crippen LogP contribution in [0.1, 0.15) is 50.4 Å². The topological polar surface area (TPSA) is 98.5 Å². The van der Waals surface area contributed by atoms with Crippen LogP contribution in [-0.2, 0) is 22.4 Å². The molecule has 8 heteroatoms. The number of hydrogen-bond acceptors (Lipinski definition) is 6. The average molecular weight is 404 g/mol. The molecule has 1 heterocycles. The van der Waals surface area contributed by atoms with Crippen LogP contribution in [0.4, 0.5) is 9.39 Å². The third-order valence-corrected chi connectivity index (χ3v) is 5.81. The van der Waals surface area contributed by atoms with Crippen LogP contribution < -0.4 is 11.1 Å². The van der Waals surface area contributed by atoms with E-state index in [9.17, 15) is 18.8 Å². The third kappa shape index (κ3) is 4.75. The van der Waals surface area contributed by atoms with Crippen molar-refractivity contribution in [3.63, 3.8) is 0 Å². The van der Waals surface area contributed by atoms with Crippen molar-refractivity contribution in [1.29, 1.82) is 0 Å². The molecule has 0 saturated heterocycles. The highest BCUT2D eigenvalue weighted by Gasteiger charge is 2.23. The number of benzene rings is 1. The summed E-state index contributed by atoms with van der Waals surface area (Å²) < 4.78 is 17.8. The molecule has 2 aromatic rings. The molecule has 148 valence electrons. The second-order valence-corrected chi connectivity index (χ2v) is 7.65. The Kier molecular flexibility index (Phi) is 6.41. The van der Waals surface area contributed by atoms with Crippen LogP contribution in [-0.4, -0.2) is 30.8 Å². The first-order valence-corrected chi connectivity index (χ1v) is 9.90. The number of carbonyl (C=O) groups excluding carboxylic acids is 3. The number of aryl methyl sites for hydroxylation is 1. The molecule has 0 spiro atoms. The lowest BCUT2D eigenvalue weighted by atomic mass is 9.95. The molecule has 0 fully saturated rings. The molecule has 1 aliphatic carbocycles. The zero-order valence-electron chi connectivity index (χ0n) is 15.3. The van der Waals surface area contributed by atoms with Crippen LogP contribution in [0.25, 0.3) is 0 Å². The number of thiophene rings is 1. The highest BCUT2D eigenvalue weighted by atomic mass is 32.1. The summed E-state index contributed by atoms with van der Waals surface area (Å²) in [5.74, 6) is -1.84. The summed E-state index contributed by atoms with van der Waals surface area (Å²) in [6.45, 7) is -0.131. The quantitative estimate of drug-likeness (QED) is 0.520. The average Bonchev–Trinajstić information content (AvgIpc) is 3.05.